The first-order valence-corrected chi connectivity index (χ1v) is 13.4. The van der Waals surface area contributed by atoms with E-state index in [1.807, 2.05) is 0 Å². The van der Waals surface area contributed by atoms with Crippen molar-refractivity contribution in [2.24, 2.45) is 23.5 Å². The van der Waals surface area contributed by atoms with E-state index in [1.54, 1.807) is 29.9 Å². The van der Waals surface area contributed by atoms with Crippen molar-refractivity contribution in [2.75, 3.05) is 39.9 Å². The first-order valence-electron chi connectivity index (χ1n) is 13.4. The van der Waals surface area contributed by atoms with Crippen LogP contribution in [-0.4, -0.2) is 84.7 Å². The van der Waals surface area contributed by atoms with Crippen molar-refractivity contribution in [1.82, 2.24) is 20.3 Å². The molecule has 1 aromatic rings. The number of carbonyl (C=O) groups is 3. The molecule has 200 valence electrons. The highest BCUT2D eigenvalue weighted by Crippen LogP contribution is 2.34. The quantitative estimate of drug-likeness (QED) is 0.497. The highest BCUT2D eigenvalue weighted by atomic mass is 16.5. The molecule has 1 aromatic heterocycles. The second kappa shape index (κ2) is 12.2. The summed E-state index contributed by atoms with van der Waals surface area (Å²) >= 11 is 0. The highest BCUT2D eigenvalue weighted by molar-refractivity contribution is 5.93. The van der Waals surface area contributed by atoms with Gasteiger partial charge in [0.25, 0.3) is 5.91 Å². The van der Waals surface area contributed by atoms with Crippen LogP contribution in [0.15, 0.2) is 10.6 Å². The molecule has 0 radical (unpaired) electrons. The van der Waals surface area contributed by atoms with E-state index in [2.05, 4.69) is 10.5 Å². The smallest absolute Gasteiger partial charge is 0.276 e. The maximum absolute atomic E-state index is 13.5. The van der Waals surface area contributed by atoms with E-state index >= 15 is 0 Å². The van der Waals surface area contributed by atoms with Gasteiger partial charge in [-0.05, 0) is 76.7 Å². The van der Waals surface area contributed by atoms with Crippen molar-refractivity contribution >= 4 is 17.7 Å². The Labute approximate surface area is 213 Å². The third-order valence-corrected chi connectivity index (χ3v) is 8.04. The summed E-state index contributed by atoms with van der Waals surface area (Å²) < 4.78 is 10.4. The van der Waals surface area contributed by atoms with Gasteiger partial charge in [0.2, 0.25) is 11.8 Å². The molecule has 0 bridgehead atoms. The van der Waals surface area contributed by atoms with Gasteiger partial charge >= 0.3 is 0 Å². The molecule has 3 N–H and O–H groups in total. The monoisotopic (exact) mass is 503 g/mol. The van der Waals surface area contributed by atoms with Crippen molar-refractivity contribution in [3.63, 3.8) is 0 Å². The zero-order chi connectivity index (χ0) is 25.7. The molecule has 1 aliphatic heterocycles. The van der Waals surface area contributed by atoms with Gasteiger partial charge in [-0.15, -0.1) is 0 Å². The van der Waals surface area contributed by atoms with Crippen LogP contribution in [0.25, 0.3) is 0 Å². The number of nitrogens with zero attached hydrogens (tertiary/aromatic N) is 3. The molecule has 10 heteroatoms. The molecular formula is C26H41N5O5. The summed E-state index contributed by atoms with van der Waals surface area (Å²) in [6.45, 7) is 4.29. The van der Waals surface area contributed by atoms with Crippen LogP contribution in [0.2, 0.25) is 0 Å². The maximum atomic E-state index is 13.5. The Balaban J connectivity index is 1.45. The predicted molar refractivity (Wildman–Crippen MR) is 133 cm³/mol. The molecule has 0 spiro atoms. The van der Waals surface area contributed by atoms with E-state index in [-0.39, 0.29) is 35.4 Å². The molecule has 2 atom stereocenters. The van der Waals surface area contributed by atoms with Crippen LogP contribution in [0.5, 0.6) is 0 Å². The summed E-state index contributed by atoms with van der Waals surface area (Å²) in [5, 5.41) is 7.05. The summed E-state index contributed by atoms with van der Waals surface area (Å²) in [6.07, 6.45) is 7.13. The minimum Gasteiger partial charge on any atom is -0.383 e. The first-order chi connectivity index (χ1) is 17.4. The standard InChI is InChI=1S/C26H41N5O5/c1-17-13-22(29-36-17)26(34)30(11-12-35-2)21-9-10-31(25(33)20-7-8-20)23(14-21)24(32)28-16-19-5-3-18(15-27)4-6-19/h13,18-21,23H,3-12,14-16,27H2,1-2H3,(H,28,32)/t18?,19?,21?,23-/m1/s1. The largest absolute Gasteiger partial charge is 0.383 e. The van der Waals surface area contributed by atoms with Gasteiger partial charge in [-0.1, -0.05) is 5.16 Å². The molecule has 3 aliphatic rings. The van der Waals surface area contributed by atoms with Crippen LogP contribution >= 0.6 is 0 Å². The predicted octanol–water partition coefficient (Wildman–Crippen LogP) is 1.72. The first kappa shape index (κ1) is 26.6. The number of carbonyl (C=O) groups excluding carboxylic acids is 3. The molecule has 0 aromatic carbocycles. The van der Waals surface area contributed by atoms with Crippen LogP contribution in [0.1, 0.15) is 67.6 Å². The van der Waals surface area contributed by atoms with Crippen molar-refractivity contribution in [3.05, 3.63) is 17.5 Å². The number of nitrogens with two attached hydrogens (primary N) is 1. The Morgan fingerprint density at radius 3 is 2.50 bits per heavy atom. The number of methoxy groups -OCH3 is 1. The van der Waals surface area contributed by atoms with E-state index in [1.165, 1.54) is 0 Å². The number of ether oxygens (including phenoxy) is 1. The highest BCUT2D eigenvalue weighted by Gasteiger charge is 2.43. The number of amides is 3. The molecule has 2 heterocycles. The third-order valence-electron chi connectivity index (χ3n) is 8.04. The summed E-state index contributed by atoms with van der Waals surface area (Å²) in [7, 11) is 1.59. The van der Waals surface area contributed by atoms with Gasteiger partial charge in [-0.2, -0.15) is 0 Å². The zero-order valence-electron chi connectivity index (χ0n) is 21.6. The Bertz CT molecular complexity index is 908. The minimum atomic E-state index is -0.589. The van der Waals surface area contributed by atoms with Gasteiger partial charge in [0, 0.05) is 44.8 Å². The maximum Gasteiger partial charge on any atom is 0.276 e. The number of aryl methyl sites for hydroxylation is 1. The molecule has 1 saturated heterocycles. The Hall–Kier alpha value is -2.46. The lowest BCUT2D eigenvalue weighted by atomic mass is 9.82. The van der Waals surface area contributed by atoms with Crippen molar-refractivity contribution in [2.45, 2.75) is 70.4 Å². The summed E-state index contributed by atoms with van der Waals surface area (Å²) in [6, 6.07) is 0.829. The summed E-state index contributed by atoms with van der Waals surface area (Å²) in [5.41, 5.74) is 6.06. The normalized spacial score (nSPS) is 26.5. The minimum absolute atomic E-state index is 0.0349. The number of likely N-dealkylation sites (tertiary alicyclic amines) is 1. The lowest BCUT2D eigenvalue weighted by Crippen LogP contribution is -2.59. The second-order valence-corrected chi connectivity index (χ2v) is 10.7. The van der Waals surface area contributed by atoms with Gasteiger partial charge in [-0.25, -0.2) is 0 Å². The summed E-state index contributed by atoms with van der Waals surface area (Å²) in [5.74, 6) is 1.34. The molecular weight excluding hydrogens is 462 g/mol. The lowest BCUT2D eigenvalue weighted by molar-refractivity contribution is -0.144. The van der Waals surface area contributed by atoms with E-state index in [4.69, 9.17) is 15.0 Å². The van der Waals surface area contributed by atoms with E-state index in [0.29, 0.717) is 56.7 Å². The van der Waals surface area contributed by atoms with Crippen LogP contribution in [-0.2, 0) is 14.3 Å². The number of aromatic nitrogens is 1. The average Bonchev–Trinajstić information content (AvgIpc) is 3.67. The fourth-order valence-corrected chi connectivity index (χ4v) is 5.59. The lowest BCUT2D eigenvalue weighted by Gasteiger charge is -2.43. The molecule has 2 saturated carbocycles. The van der Waals surface area contributed by atoms with Crippen LogP contribution in [0, 0.1) is 24.7 Å². The van der Waals surface area contributed by atoms with Gasteiger partial charge in [0.15, 0.2) is 5.69 Å². The topological polar surface area (TPSA) is 131 Å². The van der Waals surface area contributed by atoms with E-state index in [9.17, 15) is 14.4 Å². The average molecular weight is 504 g/mol. The van der Waals surface area contributed by atoms with Crippen LogP contribution in [0.4, 0.5) is 0 Å². The Morgan fingerprint density at radius 2 is 1.89 bits per heavy atom. The molecule has 3 fully saturated rings. The SMILES string of the molecule is COCCN(C(=O)c1cc(C)on1)C1CCN(C(=O)C2CC2)[C@@H](C(=O)NCC2CCC(CN)CC2)C1. The zero-order valence-corrected chi connectivity index (χ0v) is 21.6. The third kappa shape index (κ3) is 6.45. The van der Waals surface area contributed by atoms with Crippen LogP contribution < -0.4 is 11.1 Å². The fourth-order valence-electron chi connectivity index (χ4n) is 5.59. The van der Waals surface area contributed by atoms with Crippen molar-refractivity contribution in [3.8, 4) is 0 Å². The number of hydrogen-bond acceptors (Lipinski definition) is 7. The number of rotatable bonds is 10. The summed E-state index contributed by atoms with van der Waals surface area (Å²) in [4.78, 5) is 43.3. The molecule has 4 rings (SSSR count). The van der Waals surface area contributed by atoms with Gasteiger partial charge < -0.3 is 30.1 Å². The Kier molecular flexibility index (Phi) is 9.00. The number of hydrogen-bond donors (Lipinski definition) is 2. The van der Waals surface area contributed by atoms with Gasteiger partial charge in [0.05, 0.1) is 6.61 Å². The van der Waals surface area contributed by atoms with Gasteiger partial charge in [0.1, 0.15) is 11.8 Å². The van der Waals surface area contributed by atoms with E-state index < -0.39 is 6.04 Å². The van der Waals surface area contributed by atoms with Crippen molar-refractivity contribution < 1.29 is 23.6 Å². The molecule has 1 unspecified atom stereocenters. The molecule has 10 nitrogen and oxygen atoms in total. The molecule has 36 heavy (non-hydrogen) atoms. The van der Waals surface area contributed by atoms with Gasteiger partial charge in [-0.3, -0.25) is 14.4 Å². The van der Waals surface area contributed by atoms with Crippen molar-refractivity contribution in [1.29, 1.82) is 0 Å². The van der Waals surface area contributed by atoms with Crippen LogP contribution in [0.3, 0.4) is 0 Å². The molecule has 3 amide bonds. The molecule has 2 aliphatic carbocycles. The Morgan fingerprint density at radius 1 is 1.17 bits per heavy atom. The fraction of sp³-hybridized carbons (Fsp3) is 0.769. The number of nitrogens with one attached hydrogen (secondary N) is 1. The van der Waals surface area contributed by atoms with E-state index in [0.717, 1.165) is 45.1 Å². The second-order valence-electron chi connectivity index (χ2n) is 10.7. The number of piperidine rings is 1.